The summed E-state index contributed by atoms with van der Waals surface area (Å²) in [5.74, 6) is 0.188. The molecule has 0 aliphatic heterocycles. The maximum atomic E-state index is 10.7. The van der Waals surface area contributed by atoms with Crippen LogP contribution in [0.25, 0.3) is 0 Å². The van der Waals surface area contributed by atoms with Crippen molar-refractivity contribution < 1.29 is 42.4 Å². The van der Waals surface area contributed by atoms with E-state index in [4.69, 9.17) is 4.74 Å². The van der Waals surface area contributed by atoms with Gasteiger partial charge >= 0.3 is 0 Å². The van der Waals surface area contributed by atoms with Gasteiger partial charge in [0.1, 0.15) is 0 Å². The van der Waals surface area contributed by atoms with Crippen LogP contribution in [0.4, 0.5) is 5.69 Å². The fraction of sp³-hybridized carbons (Fsp3) is 0.333. The monoisotopic (exact) mass is 269 g/mol. The minimum atomic E-state index is -0.447. The van der Waals surface area contributed by atoms with Gasteiger partial charge in [0.2, 0.25) is 5.69 Å². The Labute approximate surface area is 108 Å². The third-order valence-electron chi connectivity index (χ3n) is 1.97. The summed E-state index contributed by atoms with van der Waals surface area (Å²) < 4.78 is 4.85. The molecule has 4 nitrogen and oxygen atoms in total. The fourth-order valence-corrected chi connectivity index (χ4v) is 1.08. The number of nitro groups is 1. The van der Waals surface area contributed by atoms with Crippen LogP contribution < -0.4 is 4.74 Å². The summed E-state index contributed by atoms with van der Waals surface area (Å²) in [6, 6.07) is 4.39. The molecule has 0 aliphatic carbocycles. The number of hydrogen-bond acceptors (Lipinski definition) is 3. The largest absolute Gasteiger partial charge is 0.516 e. The molecule has 0 aromatic heterocycles. The van der Waals surface area contributed by atoms with Gasteiger partial charge in [0, 0.05) is 37.6 Å². The molecule has 0 saturated carbocycles. The van der Waals surface area contributed by atoms with E-state index in [-0.39, 0.29) is 44.1 Å². The maximum absolute atomic E-state index is 10.7. The first-order chi connectivity index (χ1) is 6.07. The average Bonchev–Trinajstić information content (AvgIpc) is 2.08. The van der Waals surface area contributed by atoms with Crippen LogP contribution in [-0.4, -0.2) is 12.0 Å². The van der Waals surface area contributed by atoms with Gasteiger partial charge in [-0.25, -0.2) is 0 Å². The summed E-state index contributed by atoms with van der Waals surface area (Å²) >= 11 is 0. The minimum Gasteiger partial charge on any atom is -0.516 e. The molecule has 0 aliphatic rings. The summed E-state index contributed by atoms with van der Waals surface area (Å²) in [5, 5.41) is 10.7. The van der Waals surface area contributed by atoms with Gasteiger partial charge in [-0.1, -0.05) is 19.4 Å². The summed E-state index contributed by atoms with van der Waals surface area (Å²) in [4.78, 5) is 10.2. The predicted molar refractivity (Wildman–Crippen MR) is 48.0 cm³/mol. The molecule has 0 unspecified atom stereocenters. The Morgan fingerprint density at radius 3 is 2.50 bits per heavy atom. The zero-order valence-corrected chi connectivity index (χ0v) is 11.2. The quantitative estimate of drug-likeness (QED) is 0.469. The van der Waals surface area contributed by atoms with E-state index in [1.165, 1.54) is 7.11 Å². The maximum Gasteiger partial charge on any atom is 0.206 e. The second-order valence-electron chi connectivity index (χ2n) is 2.74. The Kier molecular flexibility index (Phi) is 5.23. The number of rotatable bonds is 2. The van der Waals surface area contributed by atoms with Crippen LogP contribution in [0.15, 0.2) is 6.07 Å². The van der Waals surface area contributed by atoms with E-state index in [0.29, 0.717) is 5.56 Å². The Morgan fingerprint density at radius 2 is 2.07 bits per heavy atom. The fourth-order valence-electron chi connectivity index (χ4n) is 1.08. The third kappa shape index (κ3) is 2.52. The van der Waals surface area contributed by atoms with Crippen molar-refractivity contribution in [3.63, 3.8) is 0 Å². The number of ether oxygens (including phenoxy) is 1. The molecule has 0 heterocycles. The first-order valence-corrected chi connectivity index (χ1v) is 3.78. The molecule has 0 N–H and O–H groups in total. The normalized spacial score (nSPS) is 9.07. The van der Waals surface area contributed by atoms with Crippen molar-refractivity contribution in [1.82, 2.24) is 0 Å². The van der Waals surface area contributed by atoms with Crippen molar-refractivity contribution in [2.45, 2.75) is 13.8 Å². The molecule has 14 heavy (non-hydrogen) atoms. The zero-order chi connectivity index (χ0) is 10.0. The van der Waals surface area contributed by atoms with Crippen LogP contribution >= 0.6 is 0 Å². The van der Waals surface area contributed by atoms with Crippen molar-refractivity contribution >= 4 is 5.69 Å². The standard InChI is InChI=1S/C9H10NO3.Y/c1-6-4-5-8(13-3)9(7(6)2)10(11)12;/h4H,1-3H3;/q-1;. The zero-order valence-electron chi connectivity index (χ0n) is 8.33. The molecule has 1 aromatic rings. The summed E-state index contributed by atoms with van der Waals surface area (Å²) in [6.07, 6.45) is 0. The van der Waals surface area contributed by atoms with Gasteiger partial charge in [0.15, 0.2) is 0 Å². The van der Waals surface area contributed by atoms with Crippen LogP contribution in [0.5, 0.6) is 5.75 Å². The molecule has 1 radical (unpaired) electrons. The van der Waals surface area contributed by atoms with E-state index in [1.807, 2.05) is 0 Å². The van der Waals surface area contributed by atoms with E-state index in [0.717, 1.165) is 5.56 Å². The predicted octanol–water partition coefficient (Wildman–Crippen LogP) is 2.02. The molecule has 0 spiro atoms. The van der Waals surface area contributed by atoms with E-state index in [1.54, 1.807) is 19.9 Å². The van der Waals surface area contributed by atoms with Crippen molar-refractivity contribution in [2.75, 3.05) is 7.11 Å². The van der Waals surface area contributed by atoms with Gasteiger partial charge in [-0.2, -0.15) is 6.07 Å². The topological polar surface area (TPSA) is 52.4 Å². The van der Waals surface area contributed by atoms with Crippen molar-refractivity contribution in [1.29, 1.82) is 0 Å². The van der Waals surface area contributed by atoms with E-state index >= 15 is 0 Å². The Balaban J connectivity index is 0.00000169. The Bertz CT molecular complexity index is 352. The third-order valence-corrected chi connectivity index (χ3v) is 1.97. The first kappa shape index (κ1) is 13.5. The van der Waals surface area contributed by atoms with Crippen molar-refractivity contribution in [3.8, 4) is 5.75 Å². The number of nitro benzene ring substituents is 1. The number of nitrogens with zero attached hydrogens (tertiary/aromatic N) is 1. The van der Waals surface area contributed by atoms with Crippen LogP contribution in [0.2, 0.25) is 0 Å². The number of benzene rings is 1. The molecule has 1 aromatic carbocycles. The summed E-state index contributed by atoms with van der Waals surface area (Å²) in [6.45, 7) is 3.50. The number of aryl methyl sites for hydroxylation is 1. The van der Waals surface area contributed by atoms with Crippen LogP contribution in [0.1, 0.15) is 11.1 Å². The molecule has 5 heteroatoms. The smallest absolute Gasteiger partial charge is 0.206 e. The van der Waals surface area contributed by atoms with Gasteiger partial charge < -0.3 is 4.74 Å². The first-order valence-electron chi connectivity index (χ1n) is 3.78. The van der Waals surface area contributed by atoms with Gasteiger partial charge in [0.05, 0.1) is 12.9 Å². The van der Waals surface area contributed by atoms with Crippen LogP contribution in [-0.2, 0) is 32.7 Å². The second kappa shape index (κ2) is 5.42. The SMILES string of the molecule is COc1[c-]cc(C)c(C)c1[N+](=O)[O-].[Y]. The second-order valence-corrected chi connectivity index (χ2v) is 2.74. The molecule has 73 valence electrons. The number of methoxy groups -OCH3 is 1. The molecule has 1 rings (SSSR count). The Hall–Kier alpha value is -0.476. The van der Waals surface area contributed by atoms with Gasteiger partial charge in [-0.05, 0) is 0 Å². The molecular formula is C9H10NO3Y-. The molecule has 0 bridgehead atoms. The van der Waals surface area contributed by atoms with Crippen LogP contribution in [0, 0.1) is 30.0 Å². The van der Waals surface area contributed by atoms with E-state index in [2.05, 4.69) is 6.07 Å². The van der Waals surface area contributed by atoms with Gasteiger partial charge in [-0.15, -0.1) is 11.6 Å². The van der Waals surface area contributed by atoms with Gasteiger partial charge in [0.25, 0.3) is 0 Å². The molecule has 0 atom stereocenters. The average molecular weight is 269 g/mol. The van der Waals surface area contributed by atoms with E-state index < -0.39 is 4.92 Å². The molecular weight excluding hydrogens is 259 g/mol. The number of hydrogen-bond donors (Lipinski definition) is 0. The molecule has 0 fully saturated rings. The van der Waals surface area contributed by atoms with Crippen molar-refractivity contribution in [2.24, 2.45) is 0 Å². The summed E-state index contributed by atoms with van der Waals surface area (Å²) in [7, 11) is 1.40. The summed E-state index contributed by atoms with van der Waals surface area (Å²) in [5.41, 5.74) is 1.47. The Morgan fingerprint density at radius 1 is 1.50 bits per heavy atom. The minimum absolute atomic E-state index is 0. The van der Waals surface area contributed by atoms with Crippen LogP contribution in [0.3, 0.4) is 0 Å². The van der Waals surface area contributed by atoms with E-state index in [9.17, 15) is 10.1 Å². The molecule has 0 amide bonds. The van der Waals surface area contributed by atoms with Gasteiger partial charge in [-0.3, -0.25) is 10.1 Å². The van der Waals surface area contributed by atoms with Crippen molar-refractivity contribution in [3.05, 3.63) is 33.4 Å². The molecule has 0 saturated heterocycles.